The molecular weight excluding hydrogens is 260 g/mol. The first kappa shape index (κ1) is 15.5. The lowest BCUT2D eigenvalue weighted by atomic mass is 10.0. The molecule has 0 saturated heterocycles. The number of carbonyl (C=O) groups is 1. The van der Waals surface area contributed by atoms with Crippen molar-refractivity contribution >= 4 is 16.7 Å². The summed E-state index contributed by atoms with van der Waals surface area (Å²) in [6.07, 6.45) is 0.723. The number of carbonyl (C=O) groups excluding carboxylic acids is 1. The molecule has 2 aromatic rings. The summed E-state index contributed by atoms with van der Waals surface area (Å²) in [7, 11) is 1.82. The highest BCUT2D eigenvalue weighted by molar-refractivity contribution is 5.84. The van der Waals surface area contributed by atoms with Gasteiger partial charge in [0.1, 0.15) is 0 Å². The summed E-state index contributed by atoms with van der Waals surface area (Å²) in [5.41, 5.74) is 7.10. The van der Waals surface area contributed by atoms with Gasteiger partial charge in [0.15, 0.2) is 0 Å². The quantitative estimate of drug-likeness (QED) is 0.916. The molecule has 0 fully saturated rings. The van der Waals surface area contributed by atoms with E-state index in [0.29, 0.717) is 12.5 Å². The standard InChI is InChI=1S/C18H24N2O/c1-13(2)10-17(19)18(21)20(3)12-14-8-9-15-6-4-5-7-16(15)11-14/h4-9,11,13,17H,10,12,19H2,1-3H3. The summed E-state index contributed by atoms with van der Waals surface area (Å²) in [4.78, 5) is 14.0. The first-order chi connectivity index (χ1) is 9.97. The normalized spacial score (nSPS) is 12.6. The highest BCUT2D eigenvalue weighted by Gasteiger charge is 2.19. The number of fused-ring (bicyclic) bond motifs is 1. The Bertz CT molecular complexity index is 621. The summed E-state index contributed by atoms with van der Waals surface area (Å²) in [5, 5.41) is 2.41. The zero-order chi connectivity index (χ0) is 15.4. The molecule has 3 nitrogen and oxygen atoms in total. The molecule has 2 aromatic carbocycles. The van der Waals surface area contributed by atoms with Crippen LogP contribution in [0.25, 0.3) is 10.8 Å². The zero-order valence-electron chi connectivity index (χ0n) is 13.0. The molecule has 0 aliphatic rings. The van der Waals surface area contributed by atoms with E-state index in [9.17, 15) is 4.79 Å². The lowest BCUT2D eigenvalue weighted by Gasteiger charge is -2.22. The molecule has 0 aromatic heterocycles. The Morgan fingerprint density at radius 2 is 1.81 bits per heavy atom. The predicted octanol–water partition coefficient (Wildman–Crippen LogP) is 3.17. The van der Waals surface area contributed by atoms with E-state index in [0.717, 1.165) is 12.0 Å². The van der Waals surface area contributed by atoms with Crippen molar-refractivity contribution in [3.63, 3.8) is 0 Å². The van der Waals surface area contributed by atoms with Crippen LogP contribution in [0.5, 0.6) is 0 Å². The number of benzene rings is 2. The van der Waals surface area contributed by atoms with E-state index in [2.05, 4.69) is 44.2 Å². The molecule has 0 aliphatic heterocycles. The van der Waals surface area contributed by atoms with Crippen LogP contribution >= 0.6 is 0 Å². The maximum Gasteiger partial charge on any atom is 0.239 e. The van der Waals surface area contributed by atoms with Gasteiger partial charge in [-0.15, -0.1) is 0 Å². The Kier molecular flexibility index (Phi) is 4.97. The third-order valence-corrected chi connectivity index (χ3v) is 3.65. The molecule has 1 unspecified atom stereocenters. The minimum absolute atomic E-state index is 0.0110. The van der Waals surface area contributed by atoms with E-state index in [4.69, 9.17) is 5.73 Å². The molecule has 112 valence electrons. The molecule has 2 rings (SSSR count). The molecule has 0 heterocycles. The summed E-state index contributed by atoms with van der Waals surface area (Å²) in [5.74, 6) is 0.440. The average Bonchev–Trinajstić information content (AvgIpc) is 2.45. The van der Waals surface area contributed by atoms with Crippen LogP contribution in [0, 0.1) is 5.92 Å². The minimum atomic E-state index is -0.407. The molecule has 3 heteroatoms. The summed E-state index contributed by atoms with van der Waals surface area (Å²) in [6, 6.07) is 14.1. The third-order valence-electron chi connectivity index (χ3n) is 3.65. The fraction of sp³-hybridized carbons (Fsp3) is 0.389. The summed E-state index contributed by atoms with van der Waals surface area (Å²) >= 11 is 0. The van der Waals surface area contributed by atoms with Gasteiger partial charge in [-0.2, -0.15) is 0 Å². The van der Waals surface area contributed by atoms with E-state index < -0.39 is 6.04 Å². The highest BCUT2D eigenvalue weighted by atomic mass is 16.2. The van der Waals surface area contributed by atoms with Gasteiger partial charge in [0, 0.05) is 13.6 Å². The lowest BCUT2D eigenvalue weighted by Crippen LogP contribution is -2.42. The number of hydrogen-bond acceptors (Lipinski definition) is 2. The van der Waals surface area contributed by atoms with Gasteiger partial charge in [0.2, 0.25) is 5.91 Å². The Labute approximate surface area is 126 Å². The molecule has 0 spiro atoms. The van der Waals surface area contributed by atoms with Crippen molar-refractivity contribution in [3.05, 3.63) is 48.0 Å². The van der Waals surface area contributed by atoms with E-state index in [1.807, 2.05) is 19.2 Å². The molecule has 0 radical (unpaired) electrons. The average molecular weight is 284 g/mol. The Morgan fingerprint density at radius 1 is 1.14 bits per heavy atom. The zero-order valence-corrected chi connectivity index (χ0v) is 13.0. The lowest BCUT2D eigenvalue weighted by molar-refractivity contribution is -0.132. The van der Waals surface area contributed by atoms with Gasteiger partial charge in [0.25, 0.3) is 0 Å². The largest absolute Gasteiger partial charge is 0.340 e. The van der Waals surface area contributed by atoms with Gasteiger partial charge in [-0.3, -0.25) is 4.79 Å². The minimum Gasteiger partial charge on any atom is -0.340 e. The second-order valence-electron chi connectivity index (χ2n) is 6.11. The smallest absolute Gasteiger partial charge is 0.239 e. The highest BCUT2D eigenvalue weighted by Crippen LogP contribution is 2.17. The fourth-order valence-corrected chi connectivity index (χ4v) is 2.58. The van der Waals surface area contributed by atoms with E-state index in [1.165, 1.54) is 10.8 Å². The van der Waals surface area contributed by atoms with E-state index in [1.54, 1.807) is 4.90 Å². The number of rotatable bonds is 5. The molecule has 21 heavy (non-hydrogen) atoms. The number of nitrogens with two attached hydrogens (primary N) is 1. The van der Waals surface area contributed by atoms with Crippen molar-refractivity contribution in [3.8, 4) is 0 Å². The van der Waals surface area contributed by atoms with E-state index in [-0.39, 0.29) is 5.91 Å². The molecule has 1 atom stereocenters. The molecule has 0 bridgehead atoms. The topological polar surface area (TPSA) is 46.3 Å². The molecule has 0 aliphatic carbocycles. The maximum absolute atomic E-state index is 12.2. The molecular formula is C18H24N2O. The van der Waals surface area contributed by atoms with Gasteiger partial charge in [-0.25, -0.2) is 0 Å². The second kappa shape index (κ2) is 6.72. The first-order valence-corrected chi connectivity index (χ1v) is 7.45. The van der Waals surface area contributed by atoms with Gasteiger partial charge in [0.05, 0.1) is 6.04 Å². The van der Waals surface area contributed by atoms with Crippen molar-refractivity contribution in [1.29, 1.82) is 0 Å². The van der Waals surface area contributed by atoms with Gasteiger partial charge in [-0.05, 0) is 34.7 Å². The Balaban J connectivity index is 2.06. The second-order valence-corrected chi connectivity index (χ2v) is 6.11. The Morgan fingerprint density at radius 3 is 2.48 bits per heavy atom. The van der Waals surface area contributed by atoms with Crippen LogP contribution in [0.15, 0.2) is 42.5 Å². The van der Waals surface area contributed by atoms with Crippen LogP contribution in [0.1, 0.15) is 25.8 Å². The first-order valence-electron chi connectivity index (χ1n) is 7.45. The number of likely N-dealkylation sites (N-methyl/N-ethyl adjacent to an activating group) is 1. The van der Waals surface area contributed by atoms with Crippen molar-refractivity contribution in [1.82, 2.24) is 4.90 Å². The fourth-order valence-electron chi connectivity index (χ4n) is 2.58. The third kappa shape index (κ3) is 4.05. The summed E-state index contributed by atoms with van der Waals surface area (Å²) in [6.45, 7) is 4.75. The monoisotopic (exact) mass is 284 g/mol. The number of amides is 1. The van der Waals surface area contributed by atoms with Crippen LogP contribution in [-0.2, 0) is 11.3 Å². The van der Waals surface area contributed by atoms with Crippen LogP contribution in [0.2, 0.25) is 0 Å². The van der Waals surface area contributed by atoms with Crippen LogP contribution in [0.4, 0.5) is 0 Å². The summed E-state index contributed by atoms with van der Waals surface area (Å²) < 4.78 is 0. The van der Waals surface area contributed by atoms with Gasteiger partial charge < -0.3 is 10.6 Å². The van der Waals surface area contributed by atoms with Crippen LogP contribution < -0.4 is 5.73 Å². The molecule has 1 amide bonds. The number of nitrogens with zero attached hydrogens (tertiary/aromatic N) is 1. The predicted molar refractivity (Wildman–Crippen MR) is 87.9 cm³/mol. The van der Waals surface area contributed by atoms with Gasteiger partial charge >= 0.3 is 0 Å². The van der Waals surface area contributed by atoms with Crippen LogP contribution in [0.3, 0.4) is 0 Å². The SMILES string of the molecule is CC(C)CC(N)C(=O)N(C)Cc1ccc2ccccc2c1. The van der Waals surface area contributed by atoms with Crippen molar-refractivity contribution in [2.45, 2.75) is 32.9 Å². The van der Waals surface area contributed by atoms with Crippen molar-refractivity contribution in [2.75, 3.05) is 7.05 Å². The van der Waals surface area contributed by atoms with E-state index >= 15 is 0 Å². The van der Waals surface area contributed by atoms with Crippen LogP contribution in [-0.4, -0.2) is 23.9 Å². The van der Waals surface area contributed by atoms with Crippen molar-refractivity contribution < 1.29 is 4.79 Å². The van der Waals surface area contributed by atoms with Crippen molar-refractivity contribution in [2.24, 2.45) is 11.7 Å². The number of hydrogen-bond donors (Lipinski definition) is 1. The molecule has 2 N–H and O–H groups in total. The Hall–Kier alpha value is -1.87. The maximum atomic E-state index is 12.2. The molecule has 0 saturated carbocycles. The van der Waals surface area contributed by atoms with Gasteiger partial charge in [-0.1, -0.05) is 50.2 Å².